The van der Waals surface area contributed by atoms with Gasteiger partial charge >= 0.3 is 0 Å². The van der Waals surface area contributed by atoms with E-state index in [1.54, 1.807) is 0 Å². The summed E-state index contributed by atoms with van der Waals surface area (Å²) in [6.07, 6.45) is 4.55. The van der Waals surface area contributed by atoms with Crippen LogP contribution in [0, 0.1) is 5.92 Å². The van der Waals surface area contributed by atoms with Crippen molar-refractivity contribution in [3.05, 3.63) is 47.6 Å². The highest BCUT2D eigenvalue weighted by atomic mass is 16.5. The van der Waals surface area contributed by atoms with Crippen molar-refractivity contribution < 1.29 is 4.52 Å². The standard InChI is InChI=1S/C15H17N3O/c16-12(10-6-7-10)13-17-14(18-19-13)15(8-9-15)11-4-2-1-3-5-11/h1-5,10,12H,6-9,16H2. The number of nitrogens with zero attached hydrogens (tertiary/aromatic N) is 2. The number of rotatable bonds is 4. The Morgan fingerprint density at radius 2 is 1.95 bits per heavy atom. The number of benzene rings is 1. The molecule has 4 rings (SSSR count). The molecular formula is C15H17N3O. The topological polar surface area (TPSA) is 64.9 Å². The molecule has 2 aliphatic carbocycles. The highest BCUT2D eigenvalue weighted by Crippen LogP contribution is 2.52. The molecule has 1 atom stereocenters. The zero-order valence-corrected chi connectivity index (χ0v) is 10.7. The second kappa shape index (κ2) is 3.90. The van der Waals surface area contributed by atoms with E-state index in [0.29, 0.717) is 11.8 Å². The number of hydrogen-bond acceptors (Lipinski definition) is 4. The van der Waals surface area contributed by atoms with E-state index in [1.807, 2.05) is 6.07 Å². The molecule has 4 nitrogen and oxygen atoms in total. The summed E-state index contributed by atoms with van der Waals surface area (Å²) in [5.41, 5.74) is 7.38. The van der Waals surface area contributed by atoms with Crippen LogP contribution in [-0.4, -0.2) is 10.1 Å². The predicted octanol–water partition coefficient (Wildman–Crippen LogP) is 2.56. The Morgan fingerprint density at radius 1 is 1.21 bits per heavy atom. The molecule has 2 fully saturated rings. The molecule has 2 aromatic rings. The fourth-order valence-electron chi connectivity index (χ4n) is 2.75. The van der Waals surface area contributed by atoms with Gasteiger partial charge in [-0.3, -0.25) is 0 Å². The summed E-state index contributed by atoms with van der Waals surface area (Å²) in [4.78, 5) is 4.58. The van der Waals surface area contributed by atoms with Crippen molar-refractivity contribution in [1.29, 1.82) is 0 Å². The first-order valence-corrected chi connectivity index (χ1v) is 6.95. The molecule has 0 saturated heterocycles. The first kappa shape index (κ1) is 11.2. The number of nitrogens with two attached hydrogens (primary N) is 1. The van der Waals surface area contributed by atoms with Crippen LogP contribution >= 0.6 is 0 Å². The maximum Gasteiger partial charge on any atom is 0.243 e. The first-order valence-electron chi connectivity index (χ1n) is 6.95. The van der Waals surface area contributed by atoms with Gasteiger partial charge in [-0.15, -0.1) is 0 Å². The van der Waals surface area contributed by atoms with E-state index in [2.05, 4.69) is 34.4 Å². The van der Waals surface area contributed by atoms with E-state index in [0.717, 1.165) is 18.7 Å². The molecule has 0 radical (unpaired) electrons. The number of hydrogen-bond donors (Lipinski definition) is 1. The molecule has 0 bridgehead atoms. The fraction of sp³-hybridized carbons (Fsp3) is 0.467. The minimum atomic E-state index is -0.0761. The van der Waals surface area contributed by atoms with Crippen LogP contribution in [0.15, 0.2) is 34.9 Å². The molecule has 1 aromatic carbocycles. The fourth-order valence-corrected chi connectivity index (χ4v) is 2.75. The van der Waals surface area contributed by atoms with Gasteiger partial charge in [0.25, 0.3) is 0 Å². The van der Waals surface area contributed by atoms with Crippen molar-refractivity contribution in [2.75, 3.05) is 0 Å². The van der Waals surface area contributed by atoms with Gasteiger partial charge < -0.3 is 10.3 Å². The molecule has 0 spiro atoms. The normalized spacial score (nSPS) is 22.2. The maximum atomic E-state index is 6.12. The van der Waals surface area contributed by atoms with Gasteiger partial charge in [-0.25, -0.2) is 0 Å². The third-order valence-electron chi connectivity index (χ3n) is 4.36. The van der Waals surface area contributed by atoms with Crippen LogP contribution in [-0.2, 0) is 5.41 Å². The molecule has 1 heterocycles. The average molecular weight is 255 g/mol. The lowest BCUT2D eigenvalue weighted by Gasteiger charge is -2.10. The van der Waals surface area contributed by atoms with Gasteiger partial charge in [0.2, 0.25) is 5.89 Å². The second-order valence-electron chi connectivity index (χ2n) is 5.77. The Morgan fingerprint density at radius 3 is 2.58 bits per heavy atom. The van der Waals surface area contributed by atoms with Gasteiger partial charge in [0.05, 0.1) is 11.5 Å². The van der Waals surface area contributed by atoms with E-state index in [9.17, 15) is 0 Å². The van der Waals surface area contributed by atoms with Gasteiger partial charge in [0.1, 0.15) is 0 Å². The van der Waals surface area contributed by atoms with Crippen molar-refractivity contribution in [2.45, 2.75) is 37.1 Å². The van der Waals surface area contributed by atoms with Crippen LogP contribution in [0.3, 0.4) is 0 Å². The van der Waals surface area contributed by atoms with Gasteiger partial charge in [-0.1, -0.05) is 35.5 Å². The van der Waals surface area contributed by atoms with Crippen LogP contribution in [0.4, 0.5) is 0 Å². The van der Waals surface area contributed by atoms with Crippen LogP contribution in [0.2, 0.25) is 0 Å². The third kappa shape index (κ3) is 1.78. The highest BCUT2D eigenvalue weighted by Gasteiger charge is 2.50. The summed E-state index contributed by atoms with van der Waals surface area (Å²) in [5.74, 6) is 1.96. The Bertz CT molecular complexity index is 584. The van der Waals surface area contributed by atoms with Gasteiger partial charge in [0, 0.05) is 0 Å². The lowest BCUT2D eigenvalue weighted by atomic mass is 9.95. The van der Waals surface area contributed by atoms with Crippen LogP contribution < -0.4 is 5.73 Å². The smallest absolute Gasteiger partial charge is 0.243 e. The Balaban J connectivity index is 1.66. The monoisotopic (exact) mass is 255 g/mol. The van der Waals surface area contributed by atoms with Crippen molar-refractivity contribution in [1.82, 2.24) is 10.1 Å². The van der Waals surface area contributed by atoms with Gasteiger partial charge in [-0.05, 0) is 37.2 Å². The van der Waals surface area contributed by atoms with E-state index in [1.165, 1.54) is 18.4 Å². The Kier molecular flexibility index (Phi) is 2.30. The molecule has 4 heteroatoms. The molecule has 2 aliphatic rings. The lowest BCUT2D eigenvalue weighted by Crippen LogP contribution is -2.14. The first-order chi connectivity index (χ1) is 9.29. The Hall–Kier alpha value is -1.68. The molecule has 19 heavy (non-hydrogen) atoms. The second-order valence-corrected chi connectivity index (χ2v) is 5.77. The molecule has 0 amide bonds. The van der Waals surface area contributed by atoms with E-state index >= 15 is 0 Å². The van der Waals surface area contributed by atoms with Gasteiger partial charge in [-0.2, -0.15) is 4.98 Å². The summed E-state index contributed by atoms with van der Waals surface area (Å²) in [5, 5.41) is 4.19. The summed E-state index contributed by atoms with van der Waals surface area (Å²) in [7, 11) is 0. The molecule has 98 valence electrons. The molecule has 2 N–H and O–H groups in total. The summed E-state index contributed by atoms with van der Waals surface area (Å²) in [6, 6.07) is 10.4. The summed E-state index contributed by atoms with van der Waals surface area (Å²) in [6.45, 7) is 0. The minimum Gasteiger partial charge on any atom is -0.338 e. The number of aromatic nitrogens is 2. The summed E-state index contributed by atoms with van der Waals surface area (Å²) >= 11 is 0. The van der Waals surface area contributed by atoms with Crippen molar-refractivity contribution >= 4 is 0 Å². The van der Waals surface area contributed by atoms with Crippen molar-refractivity contribution in [2.24, 2.45) is 11.7 Å². The molecule has 1 unspecified atom stereocenters. The van der Waals surface area contributed by atoms with Gasteiger partial charge in [0.15, 0.2) is 5.82 Å². The molecular weight excluding hydrogens is 238 g/mol. The van der Waals surface area contributed by atoms with E-state index < -0.39 is 0 Å². The van der Waals surface area contributed by atoms with Crippen LogP contribution in [0.25, 0.3) is 0 Å². The quantitative estimate of drug-likeness (QED) is 0.911. The van der Waals surface area contributed by atoms with Crippen molar-refractivity contribution in [3.63, 3.8) is 0 Å². The van der Waals surface area contributed by atoms with Crippen LogP contribution in [0.1, 0.15) is 49.0 Å². The molecule has 2 saturated carbocycles. The largest absolute Gasteiger partial charge is 0.338 e. The minimum absolute atomic E-state index is 0.0215. The van der Waals surface area contributed by atoms with E-state index in [4.69, 9.17) is 10.3 Å². The zero-order valence-electron chi connectivity index (χ0n) is 10.7. The average Bonchev–Trinajstić information content (AvgIpc) is 3.38. The SMILES string of the molecule is NC(c1nc(C2(c3ccccc3)CC2)no1)C1CC1. The maximum absolute atomic E-state index is 6.12. The third-order valence-corrected chi connectivity index (χ3v) is 4.36. The predicted molar refractivity (Wildman–Crippen MR) is 70.4 cm³/mol. The Labute approximate surface area is 112 Å². The van der Waals surface area contributed by atoms with Crippen molar-refractivity contribution in [3.8, 4) is 0 Å². The van der Waals surface area contributed by atoms with Crippen LogP contribution in [0.5, 0.6) is 0 Å². The lowest BCUT2D eigenvalue weighted by molar-refractivity contribution is 0.338. The highest BCUT2D eigenvalue weighted by molar-refractivity contribution is 5.38. The molecule has 0 aliphatic heterocycles. The molecule has 1 aromatic heterocycles. The summed E-state index contributed by atoms with van der Waals surface area (Å²) < 4.78 is 5.39. The zero-order chi connectivity index (χ0) is 12.9. The van der Waals surface area contributed by atoms with E-state index in [-0.39, 0.29) is 11.5 Å².